The number of hydrogen-bond acceptors (Lipinski definition) is 2. The molecule has 0 atom stereocenters. The minimum absolute atomic E-state index is 0.233. The molecule has 19 heavy (non-hydrogen) atoms. The first-order valence-electron chi connectivity index (χ1n) is 8.02. The summed E-state index contributed by atoms with van der Waals surface area (Å²) in [5, 5.41) is 3.82. The molecule has 0 unspecified atom stereocenters. The molecule has 3 nitrogen and oxygen atoms in total. The summed E-state index contributed by atoms with van der Waals surface area (Å²) in [6.45, 7) is 7.91. The summed E-state index contributed by atoms with van der Waals surface area (Å²) in [6.07, 6.45) is 9.13. The van der Waals surface area contributed by atoms with Crippen molar-refractivity contribution in [3.63, 3.8) is 0 Å². The number of carbonyl (C=O) groups excluding carboxylic acids is 1. The van der Waals surface area contributed by atoms with E-state index in [1.807, 2.05) is 20.8 Å². The lowest BCUT2D eigenvalue weighted by molar-refractivity contribution is -0.140. The third kappa shape index (κ3) is 4.20. The average Bonchev–Trinajstić information content (AvgIpc) is 2.39. The van der Waals surface area contributed by atoms with Crippen LogP contribution in [-0.4, -0.2) is 36.0 Å². The highest BCUT2D eigenvalue weighted by molar-refractivity contribution is 5.81. The van der Waals surface area contributed by atoms with Crippen molar-refractivity contribution in [2.45, 2.75) is 77.8 Å². The Balaban J connectivity index is 1.74. The number of piperidine rings is 1. The molecule has 110 valence electrons. The molecule has 1 saturated carbocycles. The minimum Gasteiger partial charge on any atom is -0.342 e. The first-order chi connectivity index (χ1) is 8.97. The SMILES string of the molecule is CC(C)(C)C(=O)N1CCC(NC2CCCCC2)CC1. The zero-order chi connectivity index (χ0) is 13.9. The van der Waals surface area contributed by atoms with E-state index in [0.29, 0.717) is 11.9 Å². The largest absolute Gasteiger partial charge is 0.342 e. The summed E-state index contributed by atoms with van der Waals surface area (Å²) in [6, 6.07) is 1.37. The second kappa shape index (κ2) is 6.25. The van der Waals surface area contributed by atoms with E-state index < -0.39 is 0 Å². The van der Waals surface area contributed by atoms with Gasteiger partial charge >= 0.3 is 0 Å². The van der Waals surface area contributed by atoms with E-state index in [2.05, 4.69) is 10.2 Å². The van der Waals surface area contributed by atoms with Gasteiger partial charge in [0.2, 0.25) is 5.91 Å². The lowest BCUT2D eigenvalue weighted by Crippen LogP contribution is -2.50. The summed E-state index contributed by atoms with van der Waals surface area (Å²) in [7, 11) is 0. The van der Waals surface area contributed by atoms with Crippen LogP contribution in [0.5, 0.6) is 0 Å². The molecule has 0 radical (unpaired) electrons. The van der Waals surface area contributed by atoms with E-state index in [1.165, 1.54) is 32.1 Å². The third-order valence-corrected chi connectivity index (χ3v) is 4.50. The molecule has 0 aromatic rings. The summed E-state index contributed by atoms with van der Waals surface area (Å²) in [5.41, 5.74) is -0.233. The van der Waals surface area contributed by atoms with Crippen LogP contribution in [-0.2, 0) is 4.79 Å². The van der Waals surface area contributed by atoms with Crippen LogP contribution in [0.25, 0.3) is 0 Å². The molecule has 1 aliphatic carbocycles. The van der Waals surface area contributed by atoms with E-state index in [0.717, 1.165) is 32.0 Å². The summed E-state index contributed by atoms with van der Waals surface area (Å²) >= 11 is 0. The van der Waals surface area contributed by atoms with Crippen molar-refractivity contribution in [3.8, 4) is 0 Å². The van der Waals surface area contributed by atoms with Crippen LogP contribution in [0.1, 0.15) is 65.7 Å². The van der Waals surface area contributed by atoms with Gasteiger partial charge in [0, 0.05) is 30.6 Å². The highest BCUT2D eigenvalue weighted by Gasteiger charge is 2.30. The minimum atomic E-state index is -0.233. The van der Waals surface area contributed by atoms with E-state index in [-0.39, 0.29) is 5.41 Å². The highest BCUT2D eigenvalue weighted by Crippen LogP contribution is 2.23. The summed E-state index contributed by atoms with van der Waals surface area (Å²) in [4.78, 5) is 14.3. The first-order valence-corrected chi connectivity index (χ1v) is 8.02. The number of nitrogens with zero attached hydrogens (tertiary/aromatic N) is 1. The van der Waals surface area contributed by atoms with Crippen molar-refractivity contribution in [2.75, 3.05) is 13.1 Å². The molecule has 0 bridgehead atoms. The molecule has 2 rings (SSSR count). The molecule has 0 aromatic carbocycles. The maximum Gasteiger partial charge on any atom is 0.227 e. The molecule has 2 aliphatic rings. The number of rotatable bonds is 2. The molecule has 1 heterocycles. The van der Waals surface area contributed by atoms with Gasteiger partial charge in [-0.25, -0.2) is 0 Å². The predicted octanol–water partition coefficient (Wildman–Crippen LogP) is 2.95. The fourth-order valence-electron chi connectivity index (χ4n) is 3.33. The fraction of sp³-hybridized carbons (Fsp3) is 0.938. The summed E-state index contributed by atoms with van der Waals surface area (Å²) < 4.78 is 0. The average molecular weight is 266 g/mol. The molecular weight excluding hydrogens is 236 g/mol. The van der Waals surface area contributed by atoms with Gasteiger partial charge in [0.15, 0.2) is 0 Å². The smallest absolute Gasteiger partial charge is 0.227 e. The Morgan fingerprint density at radius 2 is 1.47 bits per heavy atom. The van der Waals surface area contributed by atoms with Gasteiger partial charge in [-0.05, 0) is 25.7 Å². The van der Waals surface area contributed by atoms with Gasteiger partial charge in [-0.3, -0.25) is 4.79 Å². The highest BCUT2D eigenvalue weighted by atomic mass is 16.2. The predicted molar refractivity (Wildman–Crippen MR) is 79.1 cm³/mol. The Hall–Kier alpha value is -0.570. The van der Waals surface area contributed by atoms with Crippen molar-refractivity contribution in [1.29, 1.82) is 0 Å². The van der Waals surface area contributed by atoms with Crippen molar-refractivity contribution in [3.05, 3.63) is 0 Å². The molecule has 0 aromatic heterocycles. The van der Waals surface area contributed by atoms with Crippen LogP contribution in [0.2, 0.25) is 0 Å². The van der Waals surface area contributed by atoms with Crippen LogP contribution >= 0.6 is 0 Å². The molecular formula is C16H30N2O. The van der Waals surface area contributed by atoms with Crippen molar-refractivity contribution in [2.24, 2.45) is 5.41 Å². The fourth-order valence-corrected chi connectivity index (χ4v) is 3.33. The first kappa shape index (κ1) is 14.8. The van der Waals surface area contributed by atoms with Crippen molar-refractivity contribution < 1.29 is 4.79 Å². The lowest BCUT2D eigenvalue weighted by atomic mass is 9.91. The van der Waals surface area contributed by atoms with Crippen LogP contribution < -0.4 is 5.32 Å². The van der Waals surface area contributed by atoms with Gasteiger partial charge in [0.25, 0.3) is 0 Å². The van der Waals surface area contributed by atoms with E-state index in [4.69, 9.17) is 0 Å². The Bertz CT molecular complexity index is 294. The van der Waals surface area contributed by atoms with E-state index >= 15 is 0 Å². The third-order valence-electron chi connectivity index (χ3n) is 4.50. The van der Waals surface area contributed by atoms with E-state index in [1.54, 1.807) is 0 Å². The maximum absolute atomic E-state index is 12.2. The number of nitrogens with one attached hydrogen (secondary N) is 1. The second-order valence-corrected chi connectivity index (χ2v) is 7.32. The molecule has 3 heteroatoms. The molecule has 1 N–H and O–H groups in total. The summed E-state index contributed by atoms with van der Waals surface area (Å²) in [5.74, 6) is 0.309. The second-order valence-electron chi connectivity index (χ2n) is 7.32. The lowest BCUT2D eigenvalue weighted by Gasteiger charge is -2.38. The number of likely N-dealkylation sites (tertiary alicyclic amines) is 1. The van der Waals surface area contributed by atoms with Gasteiger partial charge in [0.1, 0.15) is 0 Å². The van der Waals surface area contributed by atoms with Crippen LogP contribution in [0.15, 0.2) is 0 Å². The zero-order valence-corrected chi connectivity index (χ0v) is 12.9. The quantitative estimate of drug-likeness (QED) is 0.833. The molecule has 1 saturated heterocycles. The van der Waals surface area contributed by atoms with Crippen LogP contribution in [0.3, 0.4) is 0 Å². The van der Waals surface area contributed by atoms with Gasteiger partial charge in [-0.15, -0.1) is 0 Å². The number of amides is 1. The Morgan fingerprint density at radius 1 is 0.947 bits per heavy atom. The molecule has 1 amide bonds. The van der Waals surface area contributed by atoms with Gasteiger partial charge in [0.05, 0.1) is 0 Å². The Morgan fingerprint density at radius 3 is 2.00 bits per heavy atom. The molecule has 2 fully saturated rings. The van der Waals surface area contributed by atoms with E-state index in [9.17, 15) is 4.79 Å². The van der Waals surface area contributed by atoms with Crippen LogP contribution in [0.4, 0.5) is 0 Å². The normalized spacial score (nSPS) is 23.6. The standard InChI is InChI=1S/C16H30N2O/c1-16(2,3)15(19)18-11-9-14(10-12-18)17-13-7-5-4-6-8-13/h13-14,17H,4-12H2,1-3H3. The maximum atomic E-state index is 12.2. The van der Waals surface area contributed by atoms with Crippen LogP contribution in [0, 0.1) is 5.41 Å². The van der Waals surface area contributed by atoms with Crippen molar-refractivity contribution >= 4 is 5.91 Å². The van der Waals surface area contributed by atoms with Gasteiger partial charge in [-0.1, -0.05) is 40.0 Å². The van der Waals surface area contributed by atoms with Gasteiger partial charge < -0.3 is 10.2 Å². The molecule has 0 spiro atoms. The number of carbonyl (C=O) groups is 1. The van der Waals surface area contributed by atoms with Crippen molar-refractivity contribution in [1.82, 2.24) is 10.2 Å². The van der Waals surface area contributed by atoms with Gasteiger partial charge in [-0.2, -0.15) is 0 Å². The molecule has 1 aliphatic heterocycles. The number of hydrogen-bond donors (Lipinski definition) is 1. The Kier molecular flexibility index (Phi) is 4.88. The monoisotopic (exact) mass is 266 g/mol. The Labute approximate surface area is 118 Å². The topological polar surface area (TPSA) is 32.3 Å². The zero-order valence-electron chi connectivity index (χ0n) is 12.9.